The molecule has 0 atom stereocenters. The summed E-state index contributed by atoms with van der Waals surface area (Å²) in [7, 11) is 0. The Hall–Kier alpha value is -4.26. The fraction of sp³-hybridized carbons (Fsp3) is 0.214. The highest BCUT2D eigenvalue weighted by Gasteiger charge is 2.30. The molecule has 7 heteroatoms. The molecular formula is C28H27N5O2. The van der Waals surface area contributed by atoms with Crippen LogP contribution in [0.4, 0.5) is 0 Å². The van der Waals surface area contributed by atoms with Crippen molar-refractivity contribution in [1.29, 1.82) is 0 Å². The Labute approximate surface area is 204 Å². The van der Waals surface area contributed by atoms with Crippen molar-refractivity contribution in [1.82, 2.24) is 25.0 Å². The summed E-state index contributed by atoms with van der Waals surface area (Å²) in [4.78, 5) is 32.3. The maximum Gasteiger partial charge on any atom is 0.293 e. The average Bonchev–Trinajstić information content (AvgIpc) is 3.39. The lowest BCUT2D eigenvalue weighted by molar-refractivity contribution is -0.126. The summed E-state index contributed by atoms with van der Waals surface area (Å²) in [6.45, 7) is 1.52. The number of para-hydroxylation sites is 1. The number of piperidine rings is 1. The van der Waals surface area contributed by atoms with E-state index in [1.54, 1.807) is 9.58 Å². The SMILES string of the molecule is O=C(NCc1ccccc1)C1CCN(C(=O)c2nc(-c3ccccc3)n(-c3ccccc3)n2)CC1. The molecule has 4 aromatic rings. The van der Waals surface area contributed by atoms with Crippen LogP contribution in [0.1, 0.15) is 29.0 Å². The Balaban J connectivity index is 1.27. The minimum Gasteiger partial charge on any atom is -0.352 e. The van der Waals surface area contributed by atoms with Crippen LogP contribution in [0, 0.1) is 5.92 Å². The predicted octanol–water partition coefficient (Wildman–Crippen LogP) is 4.10. The van der Waals surface area contributed by atoms with E-state index >= 15 is 0 Å². The van der Waals surface area contributed by atoms with Gasteiger partial charge in [-0.2, -0.15) is 0 Å². The molecule has 0 spiro atoms. The number of benzene rings is 3. The van der Waals surface area contributed by atoms with Crippen LogP contribution in [-0.2, 0) is 11.3 Å². The van der Waals surface area contributed by atoms with E-state index in [9.17, 15) is 9.59 Å². The molecule has 1 aliphatic rings. The molecule has 2 heterocycles. The maximum atomic E-state index is 13.3. The van der Waals surface area contributed by atoms with E-state index in [0.717, 1.165) is 16.8 Å². The third-order valence-corrected chi connectivity index (χ3v) is 6.29. The van der Waals surface area contributed by atoms with Gasteiger partial charge in [0.25, 0.3) is 5.91 Å². The van der Waals surface area contributed by atoms with Gasteiger partial charge >= 0.3 is 0 Å². The van der Waals surface area contributed by atoms with Crippen molar-refractivity contribution in [2.24, 2.45) is 5.92 Å². The Kier molecular flexibility index (Phi) is 6.66. The van der Waals surface area contributed by atoms with Gasteiger partial charge in [0.2, 0.25) is 11.7 Å². The number of rotatable bonds is 6. The van der Waals surface area contributed by atoms with E-state index in [-0.39, 0.29) is 23.6 Å². The number of aromatic nitrogens is 3. The minimum atomic E-state index is -0.208. The summed E-state index contributed by atoms with van der Waals surface area (Å²) >= 11 is 0. The van der Waals surface area contributed by atoms with Crippen molar-refractivity contribution in [3.63, 3.8) is 0 Å². The largest absolute Gasteiger partial charge is 0.352 e. The smallest absolute Gasteiger partial charge is 0.293 e. The molecule has 1 N–H and O–H groups in total. The van der Waals surface area contributed by atoms with Crippen LogP contribution >= 0.6 is 0 Å². The summed E-state index contributed by atoms with van der Waals surface area (Å²) in [5.41, 5.74) is 2.80. The summed E-state index contributed by atoms with van der Waals surface area (Å²) in [5, 5.41) is 7.61. The summed E-state index contributed by atoms with van der Waals surface area (Å²) in [6.07, 6.45) is 1.24. The number of hydrogen-bond acceptors (Lipinski definition) is 4. The molecule has 1 aromatic heterocycles. The third-order valence-electron chi connectivity index (χ3n) is 6.29. The lowest BCUT2D eigenvalue weighted by atomic mass is 9.95. The number of amides is 2. The van der Waals surface area contributed by atoms with Gasteiger partial charge < -0.3 is 10.2 Å². The lowest BCUT2D eigenvalue weighted by Crippen LogP contribution is -2.43. The first-order valence-electron chi connectivity index (χ1n) is 11.9. The molecule has 0 unspecified atom stereocenters. The molecule has 35 heavy (non-hydrogen) atoms. The third kappa shape index (κ3) is 5.14. The molecule has 1 fully saturated rings. The van der Waals surface area contributed by atoms with Gasteiger partial charge in [0.05, 0.1) is 5.69 Å². The van der Waals surface area contributed by atoms with E-state index in [4.69, 9.17) is 0 Å². The summed E-state index contributed by atoms with van der Waals surface area (Å²) < 4.78 is 1.71. The van der Waals surface area contributed by atoms with Crippen LogP contribution in [0.15, 0.2) is 91.0 Å². The number of nitrogens with one attached hydrogen (secondary N) is 1. The van der Waals surface area contributed by atoms with Gasteiger partial charge in [0, 0.05) is 31.1 Å². The second-order valence-corrected chi connectivity index (χ2v) is 8.64. The second kappa shape index (κ2) is 10.3. The summed E-state index contributed by atoms with van der Waals surface area (Å²) in [6, 6.07) is 29.3. The highest BCUT2D eigenvalue weighted by atomic mass is 16.2. The van der Waals surface area contributed by atoms with E-state index in [0.29, 0.717) is 38.3 Å². The number of carbonyl (C=O) groups excluding carboxylic acids is 2. The van der Waals surface area contributed by atoms with E-state index in [2.05, 4.69) is 15.4 Å². The van der Waals surface area contributed by atoms with Crippen molar-refractivity contribution < 1.29 is 9.59 Å². The molecule has 1 aliphatic heterocycles. The fourth-order valence-electron chi connectivity index (χ4n) is 4.34. The molecule has 0 saturated carbocycles. The first kappa shape index (κ1) is 22.5. The van der Waals surface area contributed by atoms with Gasteiger partial charge in [-0.3, -0.25) is 9.59 Å². The van der Waals surface area contributed by atoms with Crippen molar-refractivity contribution in [3.8, 4) is 17.1 Å². The molecule has 2 amide bonds. The Morgan fingerprint density at radius 1 is 0.829 bits per heavy atom. The molecule has 0 aliphatic carbocycles. The molecule has 176 valence electrons. The number of hydrogen-bond donors (Lipinski definition) is 1. The van der Waals surface area contributed by atoms with Gasteiger partial charge in [-0.1, -0.05) is 78.9 Å². The van der Waals surface area contributed by atoms with Crippen molar-refractivity contribution in [2.45, 2.75) is 19.4 Å². The molecule has 0 radical (unpaired) electrons. The number of nitrogens with zero attached hydrogens (tertiary/aromatic N) is 4. The molecular weight excluding hydrogens is 438 g/mol. The Morgan fingerprint density at radius 3 is 2.09 bits per heavy atom. The molecule has 1 saturated heterocycles. The van der Waals surface area contributed by atoms with Crippen molar-refractivity contribution in [2.75, 3.05) is 13.1 Å². The zero-order valence-electron chi connectivity index (χ0n) is 19.4. The van der Waals surface area contributed by atoms with Crippen LogP contribution < -0.4 is 5.32 Å². The summed E-state index contributed by atoms with van der Waals surface area (Å²) in [5.74, 6) is 0.520. The topological polar surface area (TPSA) is 80.1 Å². The van der Waals surface area contributed by atoms with Crippen LogP contribution in [-0.4, -0.2) is 44.6 Å². The zero-order valence-corrected chi connectivity index (χ0v) is 19.4. The molecule has 0 bridgehead atoms. The van der Waals surface area contributed by atoms with Gasteiger partial charge in [0.15, 0.2) is 5.82 Å². The first-order chi connectivity index (χ1) is 17.2. The fourth-order valence-corrected chi connectivity index (χ4v) is 4.34. The highest BCUT2D eigenvalue weighted by Crippen LogP contribution is 2.23. The normalized spacial score (nSPS) is 14.0. The first-order valence-corrected chi connectivity index (χ1v) is 11.9. The standard InChI is InChI=1S/C28H27N5O2/c34-27(29-20-21-10-4-1-5-11-21)23-16-18-32(19-17-23)28(35)25-30-26(22-12-6-2-7-13-22)33(31-25)24-14-8-3-9-15-24/h1-15,23H,16-20H2,(H,29,34). The van der Waals surface area contributed by atoms with Crippen LogP contribution in [0.3, 0.4) is 0 Å². The van der Waals surface area contributed by atoms with Gasteiger partial charge in [0.1, 0.15) is 0 Å². The lowest BCUT2D eigenvalue weighted by Gasteiger charge is -2.30. The zero-order chi connectivity index (χ0) is 24.0. The number of likely N-dealkylation sites (tertiary alicyclic amines) is 1. The van der Waals surface area contributed by atoms with Crippen molar-refractivity contribution >= 4 is 11.8 Å². The van der Waals surface area contributed by atoms with E-state index in [1.807, 2.05) is 91.0 Å². The van der Waals surface area contributed by atoms with Crippen LogP contribution in [0.25, 0.3) is 17.1 Å². The highest BCUT2D eigenvalue weighted by molar-refractivity contribution is 5.91. The van der Waals surface area contributed by atoms with E-state index < -0.39 is 0 Å². The van der Waals surface area contributed by atoms with Gasteiger partial charge in [-0.05, 0) is 30.5 Å². The predicted molar refractivity (Wildman–Crippen MR) is 134 cm³/mol. The van der Waals surface area contributed by atoms with Crippen molar-refractivity contribution in [3.05, 3.63) is 102 Å². The quantitative estimate of drug-likeness (QED) is 0.465. The monoisotopic (exact) mass is 465 g/mol. The molecule has 7 nitrogen and oxygen atoms in total. The second-order valence-electron chi connectivity index (χ2n) is 8.64. The van der Waals surface area contributed by atoms with E-state index in [1.165, 1.54) is 0 Å². The van der Waals surface area contributed by atoms with Gasteiger partial charge in [-0.25, -0.2) is 9.67 Å². The Morgan fingerprint density at radius 2 is 1.43 bits per heavy atom. The molecule has 5 rings (SSSR count). The van der Waals surface area contributed by atoms with Crippen LogP contribution in [0.2, 0.25) is 0 Å². The Bertz CT molecular complexity index is 1220. The van der Waals surface area contributed by atoms with Crippen LogP contribution in [0.5, 0.6) is 0 Å². The van der Waals surface area contributed by atoms with Gasteiger partial charge in [-0.15, -0.1) is 5.10 Å². The number of carbonyl (C=O) groups is 2. The average molecular weight is 466 g/mol. The maximum absolute atomic E-state index is 13.3. The minimum absolute atomic E-state index is 0.0406. The molecule has 3 aromatic carbocycles.